The van der Waals surface area contributed by atoms with Crippen LogP contribution in [0.15, 0.2) is 22.8 Å². The Morgan fingerprint density at radius 3 is 2.92 bits per heavy atom. The fraction of sp³-hybridized carbons (Fsp3) is 0.600. The van der Waals surface area contributed by atoms with E-state index in [-0.39, 0.29) is 11.9 Å². The first-order chi connectivity index (χ1) is 12.8. The van der Waals surface area contributed by atoms with Crippen LogP contribution in [0.5, 0.6) is 0 Å². The Balaban J connectivity index is 1.30. The summed E-state index contributed by atoms with van der Waals surface area (Å²) in [6.07, 6.45) is 10.0. The Morgan fingerprint density at radius 1 is 1.27 bits per heavy atom. The van der Waals surface area contributed by atoms with E-state index in [2.05, 4.69) is 20.4 Å². The smallest absolute Gasteiger partial charge is 0.220 e. The van der Waals surface area contributed by atoms with Gasteiger partial charge in [0.05, 0.1) is 18.0 Å². The van der Waals surface area contributed by atoms with Crippen LogP contribution in [-0.2, 0) is 24.1 Å². The molecule has 1 aliphatic carbocycles. The Kier molecular flexibility index (Phi) is 5.39. The molecular formula is C20H28N4O2. The molecule has 26 heavy (non-hydrogen) atoms. The second-order valence-electron chi connectivity index (χ2n) is 7.41. The largest absolute Gasteiger partial charge is 0.468 e. The molecule has 0 bridgehead atoms. The van der Waals surface area contributed by atoms with Gasteiger partial charge in [0.1, 0.15) is 5.76 Å². The Bertz CT molecular complexity index is 716. The van der Waals surface area contributed by atoms with Gasteiger partial charge in [0.2, 0.25) is 5.91 Å². The summed E-state index contributed by atoms with van der Waals surface area (Å²) in [6.45, 7) is 2.74. The highest BCUT2D eigenvalue weighted by Crippen LogP contribution is 2.25. The first-order valence-corrected chi connectivity index (χ1v) is 9.90. The molecule has 0 spiro atoms. The average molecular weight is 356 g/mol. The van der Waals surface area contributed by atoms with E-state index in [1.54, 1.807) is 6.26 Å². The predicted octanol–water partition coefficient (Wildman–Crippen LogP) is 2.77. The van der Waals surface area contributed by atoms with Gasteiger partial charge in [-0.15, -0.1) is 0 Å². The summed E-state index contributed by atoms with van der Waals surface area (Å²) in [4.78, 5) is 14.8. The summed E-state index contributed by atoms with van der Waals surface area (Å²) in [5, 5.41) is 10.7. The van der Waals surface area contributed by atoms with Gasteiger partial charge in [0.25, 0.3) is 0 Å². The number of aromatic nitrogens is 2. The number of aromatic amines is 1. The molecule has 2 aromatic heterocycles. The quantitative estimate of drug-likeness (QED) is 0.800. The van der Waals surface area contributed by atoms with Crippen LogP contribution in [0, 0.1) is 0 Å². The zero-order valence-corrected chi connectivity index (χ0v) is 15.3. The van der Waals surface area contributed by atoms with Crippen molar-refractivity contribution in [2.45, 2.75) is 57.4 Å². The van der Waals surface area contributed by atoms with Crippen molar-refractivity contribution in [1.82, 2.24) is 20.4 Å². The first-order valence-electron chi connectivity index (χ1n) is 9.90. The molecule has 6 heteroatoms. The summed E-state index contributed by atoms with van der Waals surface area (Å²) in [5.41, 5.74) is 3.71. The minimum absolute atomic E-state index is 0.0910. The van der Waals surface area contributed by atoms with Gasteiger partial charge < -0.3 is 9.73 Å². The van der Waals surface area contributed by atoms with Crippen molar-refractivity contribution in [1.29, 1.82) is 0 Å². The highest BCUT2D eigenvalue weighted by Gasteiger charge is 2.26. The number of hydrogen-bond acceptors (Lipinski definition) is 4. The topological polar surface area (TPSA) is 74.2 Å². The zero-order chi connectivity index (χ0) is 17.8. The number of fused-ring (bicyclic) bond motifs is 1. The summed E-state index contributed by atoms with van der Waals surface area (Å²) >= 11 is 0. The third kappa shape index (κ3) is 3.85. The van der Waals surface area contributed by atoms with E-state index in [0.717, 1.165) is 37.4 Å². The van der Waals surface area contributed by atoms with Crippen LogP contribution in [0.4, 0.5) is 0 Å². The van der Waals surface area contributed by atoms with Crippen LogP contribution < -0.4 is 5.32 Å². The number of amides is 1. The van der Waals surface area contributed by atoms with Gasteiger partial charge in [-0.3, -0.25) is 14.8 Å². The number of likely N-dealkylation sites (tertiary alicyclic amines) is 1. The van der Waals surface area contributed by atoms with Crippen LogP contribution in [0.1, 0.15) is 60.9 Å². The van der Waals surface area contributed by atoms with Gasteiger partial charge >= 0.3 is 0 Å². The van der Waals surface area contributed by atoms with Gasteiger partial charge in [0.15, 0.2) is 0 Å². The van der Waals surface area contributed by atoms with Crippen LogP contribution in [0.3, 0.4) is 0 Å². The number of aryl methyl sites for hydroxylation is 2. The average Bonchev–Trinajstić information content (AvgIpc) is 3.42. The molecule has 2 aliphatic rings. The normalized spacial score (nSPS) is 18.6. The van der Waals surface area contributed by atoms with Crippen LogP contribution in [-0.4, -0.2) is 40.6 Å². The lowest BCUT2D eigenvalue weighted by molar-refractivity contribution is -0.121. The standard InChI is InChI=1S/C20H28N4O2/c25-20(10-9-17-15-6-1-2-7-16(15)22-23-17)21-14-18(19-8-5-13-26-19)24-11-3-4-12-24/h5,8,13,18H,1-4,6-7,9-12,14H2,(H,21,25)(H,22,23)/t18-/m0/s1. The molecule has 1 fully saturated rings. The lowest BCUT2D eigenvalue weighted by Crippen LogP contribution is -2.36. The van der Waals surface area contributed by atoms with Crippen molar-refractivity contribution in [3.8, 4) is 0 Å². The van der Waals surface area contributed by atoms with Crippen molar-refractivity contribution < 1.29 is 9.21 Å². The van der Waals surface area contributed by atoms with E-state index >= 15 is 0 Å². The Labute approximate surface area is 154 Å². The molecule has 2 N–H and O–H groups in total. The van der Waals surface area contributed by atoms with Crippen molar-refractivity contribution in [2.24, 2.45) is 0 Å². The SMILES string of the molecule is O=C(CCc1n[nH]c2c1CCCC2)NC[C@@H](c1ccco1)N1CCCC1. The third-order valence-electron chi connectivity index (χ3n) is 5.68. The Morgan fingerprint density at radius 2 is 2.12 bits per heavy atom. The molecule has 0 unspecified atom stereocenters. The molecule has 1 saturated heterocycles. The molecule has 1 aliphatic heterocycles. The second-order valence-corrected chi connectivity index (χ2v) is 7.41. The van der Waals surface area contributed by atoms with Crippen LogP contribution >= 0.6 is 0 Å². The molecule has 1 atom stereocenters. The maximum atomic E-state index is 12.4. The minimum atomic E-state index is 0.0910. The molecule has 4 rings (SSSR count). The van der Waals surface area contributed by atoms with E-state index in [1.165, 1.54) is 36.9 Å². The fourth-order valence-corrected chi connectivity index (χ4v) is 4.23. The maximum absolute atomic E-state index is 12.4. The van der Waals surface area contributed by atoms with Crippen molar-refractivity contribution >= 4 is 5.91 Å². The molecule has 0 saturated carbocycles. The van der Waals surface area contributed by atoms with Crippen molar-refractivity contribution in [3.05, 3.63) is 41.1 Å². The number of furan rings is 1. The summed E-state index contributed by atoms with van der Waals surface area (Å²) < 4.78 is 5.61. The number of hydrogen-bond donors (Lipinski definition) is 2. The lowest BCUT2D eigenvalue weighted by Gasteiger charge is -2.26. The van der Waals surface area contributed by atoms with Gasteiger partial charge in [-0.2, -0.15) is 5.10 Å². The summed E-state index contributed by atoms with van der Waals surface area (Å²) in [7, 11) is 0. The highest BCUT2D eigenvalue weighted by atomic mass is 16.3. The zero-order valence-electron chi connectivity index (χ0n) is 15.3. The molecule has 0 radical (unpaired) electrons. The molecular weight excluding hydrogens is 328 g/mol. The van der Waals surface area contributed by atoms with Crippen LogP contribution in [0.2, 0.25) is 0 Å². The number of carbonyl (C=O) groups excluding carboxylic acids is 1. The lowest BCUT2D eigenvalue weighted by atomic mass is 9.94. The number of nitrogens with one attached hydrogen (secondary N) is 2. The number of nitrogens with zero attached hydrogens (tertiary/aromatic N) is 2. The fourth-order valence-electron chi connectivity index (χ4n) is 4.23. The van der Waals surface area contributed by atoms with Gasteiger partial charge in [-0.25, -0.2) is 0 Å². The molecule has 6 nitrogen and oxygen atoms in total. The number of H-pyrrole nitrogens is 1. The highest BCUT2D eigenvalue weighted by molar-refractivity contribution is 5.76. The monoisotopic (exact) mass is 356 g/mol. The molecule has 1 amide bonds. The summed E-state index contributed by atoms with van der Waals surface area (Å²) in [5.74, 6) is 1.03. The van der Waals surface area contributed by atoms with E-state index in [9.17, 15) is 4.79 Å². The number of rotatable bonds is 7. The van der Waals surface area contributed by atoms with E-state index in [4.69, 9.17) is 4.42 Å². The van der Waals surface area contributed by atoms with Gasteiger partial charge in [-0.1, -0.05) is 0 Å². The number of carbonyl (C=O) groups is 1. The molecule has 3 heterocycles. The van der Waals surface area contributed by atoms with E-state index in [1.807, 2.05) is 12.1 Å². The van der Waals surface area contributed by atoms with Gasteiger partial charge in [0, 0.05) is 25.1 Å². The molecule has 2 aromatic rings. The third-order valence-corrected chi connectivity index (χ3v) is 5.68. The predicted molar refractivity (Wildman–Crippen MR) is 98.8 cm³/mol. The maximum Gasteiger partial charge on any atom is 0.220 e. The second kappa shape index (κ2) is 8.08. The Hall–Kier alpha value is -2.08. The van der Waals surface area contributed by atoms with Crippen molar-refractivity contribution in [3.63, 3.8) is 0 Å². The molecule has 0 aromatic carbocycles. The van der Waals surface area contributed by atoms with E-state index in [0.29, 0.717) is 19.4 Å². The van der Waals surface area contributed by atoms with Crippen molar-refractivity contribution in [2.75, 3.05) is 19.6 Å². The van der Waals surface area contributed by atoms with Crippen LogP contribution in [0.25, 0.3) is 0 Å². The first kappa shape index (κ1) is 17.3. The van der Waals surface area contributed by atoms with Gasteiger partial charge in [-0.05, 0) is 69.3 Å². The summed E-state index contributed by atoms with van der Waals surface area (Å²) in [6, 6.07) is 4.06. The molecule has 140 valence electrons. The minimum Gasteiger partial charge on any atom is -0.468 e. The van der Waals surface area contributed by atoms with E-state index < -0.39 is 0 Å².